The number of amides is 1. The molecule has 1 atom stereocenters. The fourth-order valence-electron chi connectivity index (χ4n) is 2.16. The number of rotatable bonds is 4. The molecular formula is C13H22N4O2. The Morgan fingerprint density at radius 1 is 1.32 bits per heavy atom. The second-order valence-corrected chi connectivity index (χ2v) is 5.44. The van der Waals surface area contributed by atoms with E-state index in [0.29, 0.717) is 25.6 Å². The average Bonchev–Trinajstić information content (AvgIpc) is 2.76. The van der Waals surface area contributed by atoms with Crippen molar-refractivity contribution in [1.29, 1.82) is 0 Å². The molecule has 0 bridgehead atoms. The molecule has 0 radical (unpaired) electrons. The maximum Gasteiger partial charge on any atom is 0.251 e. The zero-order valence-corrected chi connectivity index (χ0v) is 12.1. The van der Waals surface area contributed by atoms with Crippen LogP contribution in [0.3, 0.4) is 0 Å². The van der Waals surface area contributed by atoms with Crippen LogP contribution in [0, 0.1) is 12.8 Å². The van der Waals surface area contributed by atoms with Crippen molar-refractivity contribution in [3.05, 3.63) is 11.6 Å². The van der Waals surface area contributed by atoms with E-state index in [4.69, 9.17) is 4.74 Å². The van der Waals surface area contributed by atoms with E-state index in [-0.39, 0.29) is 5.91 Å². The first kappa shape index (κ1) is 14.0. The molecule has 2 heterocycles. The molecule has 0 N–H and O–H groups in total. The normalized spacial score (nSPS) is 16.6. The van der Waals surface area contributed by atoms with Gasteiger partial charge < -0.3 is 14.2 Å². The van der Waals surface area contributed by atoms with Gasteiger partial charge in [-0.1, -0.05) is 13.8 Å². The van der Waals surface area contributed by atoms with Crippen LogP contribution in [0.4, 0.5) is 0 Å². The molecule has 0 saturated heterocycles. The third-order valence-electron chi connectivity index (χ3n) is 3.28. The highest BCUT2D eigenvalue weighted by molar-refractivity contribution is 5.80. The Morgan fingerprint density at radius 3 is 2.74 bits per heavy atom. The molecule has 0 fully saturated rings. The van der Waals surface area contributed by atoms with Gasteiger partial charge in [0.15, 0.2) is 5.82 Å². The first-order valence-corrected chi connectivity index (χ1v) is 6.78. The minimum Gasteiger partial charge on any atom is -0.368 e. The first-order chi connectivity index (χ1) is 8.99. The largest absolute Gasteiger partial charge is 0.368 e. The molecule has 0 aromatic carbocycles. The lowest BCUT2D eigenvalue weighted by Gasteiger charge is -2.29. The topological polar surface area (TPSA) is 60.2 Å². The Kier molecular flexibility index (Phi) is 4.19. The number of carbonyl (C=O) groups excluding carboxylic acids is 1. The van der Waals surface area contributed by atoms with E-state index in [9.17, 15) is 4.79 Å². The van der Waals surface area contributed by atoms with E-state index in [1.54, 1.807) is 4.90 Å². The third-order valence-corrected chi connectivity index (χ3v) is 3.28. The monoisotopic (exact) mass is 266 g/mol. The van der Waals surface area contributed by atoms with Crippen LogP contribution in [-0.4, -0.2) is 44.8 Å². The lowest BCUT2D eigenvalue weighted by Crippen LogP contribution is -2.44. The molecule has 6 nitrogen and oxygen atoms in total. The highest BCUT2D eigenvalue weighted by Crippen LogP contribution is 2.13. The Balaban J connectivity index is 1.95. The van der Waals surface area contributed by atoms with Gasteiger partial charge in [0, 0.05) is 19.7 Å². The molecule has 1 aromatic heterocycles. The molecule has 0 saturated carbocycles. The van der Waals surface area contributed by atoms with Gasteiger partial charge in [0.05, 0.1) is 6.54 Å². The summed E-state index contributed by atoms with van der Waals surface area (Å²) in [5.41, 5.74) is 0. The molecule has 0 spiro atoms. The predicted octanol–water partition coefficient (Wildman–Crippen LogP) is 0.990. The van der Waals surface area contributed by atoms with Gasteiger partial charge in [-0.25, -0.2) is 0 Å². The quantitative estimate of drug-likeness (QED) is 0.815. The summed E-state index contributed by atoms with van der Waals surface area (Å²) >= 11 is 0. The molecule has 2 rings (SSSR count). The van der Waals surface area contributed by atoms with Gasteiger partial charge >= 0.3 is 0 Å². The maximum absolute atomic E-state index is 12.3. The summed E-state index contributed by atoms with van der Waals surface area (Å²) in [6.07, 6.45) is -0.391. The summed E-state index contributed by atoms with van der Waals surface area (Å²) in [6.45, 7) is 10.5. The molecule has 19 heavy (non-hydrogen) atoms. The second kappa shape index (κ2) is 5.69. The molecule has 1 aliphatic heterocycles. The van der Waals surface area contributed by atoms with E-state index in [2.05, 4.69) is 28.6 Å². The van der Waals surface area contributed by atoms with Crippen LogP contribution in [0.5, 0.6) is 0 Å². The summed E-state index contributed by atoms with van der Waals surface area (Å²) in [6, 6.07) is 0. The summed E-state index contributed by atoms with van der Waals surface area (Å²) in [5.74, 6) is 2.23. The second-order valence-electron chi connectivity index (χ2n) is 5.44. The Hall–Kier alpha value is -1.43. The van der Waals surface area contributed by atoms with Crippen molar-refractivity contribution >= 4 is 5.91 Å². The maximum atomic E-state index is 12.3. The molecule has 0 aliphatic carbocycles. The van der Waals surface area contributed by atoms with Crippen LogP contribution < -0.4 is 0 Å². The SMILES string of the molecule is Cc1nnc2n1CCN(C(=O)[C@H](C)OCC(C)C)C2. The van der Waals surface area contributed by atoms with E-state index in [1.165, 1.54) is 0 Å². The lowest BCUT2D eigenvalue weighted by atomic mass is 10.2. The minimum atomic E-state index is -0.391. The number of hydrogen-bond donors (Lipinski definition) is 0. The highest BCUT2D eigenvalue weighted by Gasteiger charge is 2.27. The number of aromatic nitrogens is 3. The number of nitrogens with zero attached hydrogens (tertiary/aromatic N) is 4. The van der Waals surface area contributed by atoms with Crippen molar-refractivity contribution in [2.75, 3.05) is 13.2 Å². The van der Waals surface area contributed by atoms with Crippen LogP contribution in [-0.2, 0) is 22.6 Å². The smallest absolute Gasteiger partial charge is 0.251 e. The van der Waals surface area contributed by atoms with Crippen LogP contribution >= 0.6 is 0 Å². The van der Waals surface area contributed by atoms with Crippen LogP contribution in [0.15, 0.2) is 0 Å². The first-order valence-electron chi connectivity index (χ1n) is 6.78. The molecule has 1 amide bonds. The summed E-state index contributed by atoms with van der Waals surface area (Å²) in [4.78, 5) is 14.1. The minimum absolute atomic E-state index is 0.0348. The zero-order chi connectivity index (χ0) is 14.0. The van der Waals surface area contributed by atoms with Gasteiger partial charge in [0.25, 0.3) is 5.91 Å². The lowest BCUT2D eigenvalue weighted by molar-refractivity contribution is -0.144. The Labute approximate surface area is 113 Å². The van der Waals surface area contributed by atoms with Gasteiger partial charge in [-0.2, -0.15) is 0 Å². The van der Waals surface area contributed by atoms with E-state index >= 15 is 0 Å². The van der Waals surface area contributed by atoms with Gasteiger partial charge in [0.1, 0.15) is 11.9 Å². The molecule has 1 aromatic rings. The number of fused-ring (bicyclic) bond motifs is 1. The van der Waals surface area contributed by atoms with Gasteiger partial charge in [-0.3, -0.25) is 4.79 Å². The molecular weight excluding hydrogens is 244 g/mol. The molecule has 0 unspecified atom stereocenters. The van der Waals surface area contributed by atoms with Gasteiger partial charge in [0.2, 0.25) is 0 Å². The Bertz CT molecular complexity index is 455. The number of ether oxygens (including phenoxy) is 1. The number of aryl methyl sites for hydroxylation is 1. The summed E-state index contributed by atoms with van der Waals surface area (Å²) in [5, 5.41) is 8.14. The van der Waals surface area contributed by atoms with Crippen molar-refractivity contribution in [1.82, 2.24) is 19.7 Å². The number of carbonyl (C=O) groups is 1. The predicted molar refractivity (Wildman–Crippen MR) is 70.4 cm³/mol. The fraction of sp³-hybridized carbons (Fsp3) is 0.769. The van der Waals surface area contributed by atoms with E-state index in [0.717, 1.165) is 18.2 Å². The van der Waals surface area contributed by atoms with Crippen molar-refractivity contribution in [3.63, 3.8) is 0 Å². The summed E-state index contributed by atoms with van der Waals surface area (Å²) in [7, 11) is 0. The van der Waals surface area contributed by atoms with Crippen molar-refractivity contribution in [2.24, 2.45) is 5.92 Å². The van der Waals surface area contributed by atoms with Crippen LogP contribution in [0.25, 0.3) is 0 Å². The third kappa shape index (κ3) is 3.12. The summed E-state index contributed by atoms with van der Waals surface area (Å²) < 4.78 is 7.64. The van der Waals surface area contributed by atoms with E-state index < -0.39 is 6.10 Å². The van der Waals surface area contributed by atoms with Crippen LogP contribution in [0.1, 0.15) is 32.4 Å². The van der Waals surface area contributed by atoms with Crippen molar-refractivity contribution in [3.8, 4) is 0 Å². The van der Waals surface area contributed by atoms with Gasteiger partial charge in [-0.05, 0) is 19.8 Å². The van der Waals surface area contributed by atoms with Gasteiger partial charge in [-0.15, -0.1) is 10.2 Å². The molecule has 1 aliphatic rings. The Morgan fingerprint density at radius 2 is 2.05 bits per heavy atom. The standard InChI is InChI=1S/C13H22N4O2/c1-9(2)8-19-10(3)13(18)16-5-6-17-11(4)14-15-12(17)7-16/h9-10H,5-8H2,1-4H3/t10-/m0/s1. The van der Waals surface area contributed by atoms with Crippen molar-refractivity contribution < 1.29 is 9.53 Å². The fourth-order valence-corrected chi connectivity index (χ4v) is 2.16. The van der Waals surface area contributed by atoms with E-state index in [1.807, 2.05) is 13.8 Å². The van der Waals surface area contributed by atoms with Crippen molar-refractivity contribution in [2.45, 2.75) is 46.9 Å². The highest BCUT2D eigenvalue weighted by atomic mass is 16.5. The average molecular weight is 266 g/mol. The molecule has 6 heteroatoms. The number of hydrogen-bond acceptors (Lipinski definition) is 4. The molecule has 106 valence electrons. The zero-order valence-electron chi connectivity index (χ0n) is 12.1. The van der Waals surface area contributed by atoms with Crippen LogP contribution in [0.2, 0.25) is 0 Å².